The summed E-state index contributed by atoms with van der Waals surface area (Å²) in [7, 11) is -3.59. The molecule has 1 saturated heterocycles. The number of benzene rings is 2. The van der Waals surface area contributed by atoms with Crippen LogP contribution in [-0.4, -0.2) is 37.5 Å². The van der Waals surface area contributed by atoms with Gasteiger partial charge in [-0.3, -0.25) is 4.79 Å². The topological polar surface area (TPSA) is 66.5 Å². The number of hydrogen-bond acceptors (Lipinski definition) is 4. The van der Waals surface area contributed by atoms with Crippen molar-refractivity contribution in [1.29, 1.82) is 0 Å². The van der Waals surface area contributed by atoms with E-state index in [2.05, 4.69) is 12.2 Å². The number of aryl methyl sites for hydroxylation is 1. The van der Waals surface area contributed by atoms with Gasteiger partial charge in [0.25, 0.3) is 0 Å². The first kappa shape index (κ1) is 20.9. The summed E-state index contributed by atoms with van der Waals surface area (Å²) in [5.74, 6) is 0.445. The molecule has 0 saturated carbocycles. The summed E-state index contributed by atoms with van der Waals surface area (Å²) in [5, 5.41) is 3.00. The average molecular weight is 419 g/mol. The molecule has 0 aromatic heterocycles. The van der Waals surface area contributed by atoms with E-state index in [-0.39, 0.29) is 23.3 Å². The van der Waals surface area contributed by atoms with Gasteiger partial charge in [0, 0.05) is 18.0 Å². The Kier molecular flexibility index (Phi) is 6.80. The van der Waals surface area contributed by atoms with Gasteiger partial charge in [0.2, 0.25) is 15.9 Å². The van der Waals surface area contributed by atoms with E-state index in [1.807, 2.05) is 31.2 Å². The minimum absolute atomic E-state index is 0.118. The van der Waals surface area contributed by atoms with Crippen molar-refractivity contribution in [3.8, 4) is 0 Å². The monoisotopic (exact) mass is 418 g/mol. The summed E-state index contributed by atoms with van der Waals surface area (Å²) in [6.45, 7) is 4.65. The predicted octanol–water partition coefficient (Wildman–Crippen LogP) is 4.15. The van der Waals surface area contributed by atoms with Gasteiger partial charge in [0.15, 0.2) is 0 Å². The van der Waals surface area contributed by atoms with Crippen LogP contribution in [0.3, 0.4) is 0 Å². The third-order valence-electron chi connectivity index (χ3n) is 4.86. The number of para-hydroxylation sites is 1. The van der Waals surface area contributed by atoms with Gasteiger partial charge in [0.05, 0.1) is 16.5 Å². The van der Waals surface area contributed by atoms with Gasteiger partial charge < -0.3 is 5.32 Å². The molecule has 5 nitrogen and oxygen atoms in total. The van der Waals surface area contributed by atoms with Crippen LogP contribution in [0.5, 0.6) is 0 Å². The lowest BCUT2D eigenvalue weighted by Gasteiger charge is -2.31. The molecule has 1 fully saturated rings. The Morgan fingerprint density at radius 2 is 1.89 bits per heavy atom. The number of nitrogens with zero attached hydrogens (tertiary/aromatic N) is 1. The summed E-state index contributed by atoms with van der Waals surface area (Å²) in [6, 6.07) is 14.6. The Morgan fingerprint density at radius 3 is 2.61 bits per heavy atom. The Labute approximate surface area is 171 Å². The van der Waals surface area contributed by atoms with E-state index in [9.17, 15) is 13.2 Å². The molecule has 0 spiro atoms. The SMILES string of the molecule is CCSc1ccccc1NC(=O)[C@H]1CCCN(S(=O)(=O)c2ccc(C)cc2)C1. The van der Waals surface area contributed by atoms with Crippen LogP contribution >= 0.6 is 11.8 Å². The van der Waals surface area contributed by atoms with Crippen molar-refractivity contribution in [3.63, 3.8) is 0 Å². The summed E-state index contributed by atoms with van der Waals surface area (Å²) in [4.78, 5) is 14.1. The largest absolute Gasteiger partial charge is 0.325 e. The van der Waals surface area contributed by atoms with Crippen LogP contribution in [-0.2, 0) is 14.8 Å². The maximum Gasteiger partial charge on any atom is 0.243 e. The van der Waals surface area contributed by atoms with Gasteiger partial charge in [-0.15, -0.1) is 11.8 Å². The maximum atomic E-state index is 13.0. The highest BCUT2D eigenvalue weighted by Gasteiger charge is 2.33. The van der Waals surface area contributed by atoms with Gasteiger partial charge in [-0.2, -0.15) is 4.31 Å². The van der Waals surface area contributed by atoms with Gasteiger partial charge in [-0.1, -0.05) is 36.8 Å². The zero-order chi connectivity index (χ0) is 20.1. The second kappa shape index (κ2) is 9.11. The van der Waals surface area contributed by atoms with Crippen LogP contribution < -0.4 is 5.32 Å². The lowest BCUT2D eigenvalue weighted by atomic mass is 9.99. The lowest BCUT2D eigenvalue weighted by molar-refractivity contribution is -0.120. The molecule has 0 bridgehead atoms. The fourth-order valence-electron chi connectivity index (χ4n) is 3.32. The average Bonchev–Trinajstić information content (AvgIpc) is 2.70. The smallest absolute Gasteiger partial charge is 0.243 e. The molecule has 0 radical (unpaired) electrons. The van der Waals surface area contributed by atoms with Gasteiger partial charge >= 0.3 is 0 Å². The van der Waals surface area contributed by atoms with Crippen LogP contribution in [0.1, 0.15) is 25.3 Å². The quantitative estimate of drug-likeness (QED) is 0.716. The Bertz CT molecular complexity index is 927. The van der Waals surface area contributed by atoms with Crippen LogP contribution in [0.2, 0.25) is 0 Å². The van der Waals surface area contributed by atoms with Crippen LogP contribution in [0, 0.1) is 12.8 Å². The Morgan fingerprint density at radius 1 is 1.18 bits per heavy atom. The standard InChI is InChI=1S/C21H26N2O3S2/c1-3-27-20-9-5-4-8-19(20)22-21(24)17-7-6-14-23(15-17)28(25,26)18-12-10-16(2)11-13-18/h4-5,8-13,17H,3,6-7,14-15H2,1-2H3,(H,22,24)/t17-/m0/s1. The third kappa shape index (κ3) is 4.77. The van der Waals surface area contributed by atoms with Crippen molar-refractivity contribution in [2.24, 2.45) is 5.92 Å². The summed E-state index contributed by atoms with van der Waals surface area (Å²) in [5.41, 5.74) is 1.80. The molecule has 150 valence electrons. The van der Waals surface area contributed by atoms with E-state index >= 15 is 0 Å². The van der Waals surface area contributed by atoms with E-state index in [1.54, 1.807) is 36.0 Å². The molecular weight excluding hydrogens is 392 g/mol. The maximum absolute atomic E-state index is 13.0. The molecule has 7 heteroatoms. The van der Waals surface area contributed by atoms with Crippen molar-refractivity contribution >= 4 is 33.4 Å². The fourth-order valence-corrected chi connectivity index (χ4v) is 5.60. The number of amides is 1. The summed E-state index contributed by atoms with van der Waals surface area (Å²) >= 11 is 1.67. The molecule has 1 amide bonds. The molecule has 2 aromatic carbocycles. The van der Waals surface area contributed by atoms with Crippen molar-refractivity contribution in [2.75, 3.05) is 24.2 Å². The number of carbonyl (C=O) groups is 1. The molecule has 1 atom stereocenters. The zero-order valence-electron chi connectivity index (χ0n) is 16.2. The number of sulfonamides is 1. The number of rotatable bonds is 6. The number of nitrogens with one attached hydrogen (secondary N) is 1. The van der Waals surface area contributed by atoms with Gasteiger partial charge in [-0.25, -0.2) is 8.42 Å². The number of hydrogen-bond donors (Lipinski definition) is 1. The minimum atomic E-state index is -3.59. The van der Waals surface area contributed by atoms with Crippen molar-refractivity contribution in [3.05, 3.63) is 54.1 Å². The fraction of sp³-hybridized carbons (Fsp3) is 0.381. The number of piperidine rings is 1. The van der Waals surface area contributed by atoms with Crippen LogP contribution in [0.25, 0.3) is 0 Å². The second-order valence-electron chi connectivity index (χ2n) is 6.93. The number of anilines is 1. The van der Waals surface area contributed by atoms with E-state index in [1.165, 1.54) is 4.31 Å². The molecule has 1 heterocycles. The second-order valence-corrected chi connectivity index (χ2v) is 10.2. The Hall–Kier alpha value is -1.83. The van der Waals surface area contributed by atoms with Crippen molar-refractivity contribution in [2.45, 2.75) is 36.5 Å². The summed E-state index contributed by atoms with van der Waals surface area (Å²) < 4.78 is 27.4. The molecule has 0 aliphatic carbocycles. The number of thioether (sulfide) groups is 1. The zero-order valence-corrected chi connectivity index (χ0v) is 17.9. The highest BCUT2D eigenvalue weighted by atomic mass is 32.2. The van der Waals surface area contributed by atoms with Crippen molar-refractivity contribution < 1.29 is 13.2 Å². The lowest BCUT2D eigenvalue weighted by Crippen LogP contribution is -2.43. The molecule has 0 unspecified atom stereocenters. The minimum Gasteiger partial charge on any atom is -0.325 e. The predicted molar refractivity (Wildman–Crippen MR) is 114 cm³/mol. The third-order valence-corrected chi connectivity index (χ3v) is 7.69. The molecule has 1 aliphatic heterocycles. The molecule has 28 heavy (non-hydrogen) atoms. The van der Waals surface area contributed by atoms with E-state index in [4.69, 9.17) is 0 Å². The highest BCUT2D eigenvalue weighted by molar-refractivity contribution is 7.99. The Balaban J connectivity index is 1.72. The van der Waals surface area contributed by atoms with Crippen LogP contribution in [0.4, 0.5) is 5.69 Å². The first-order valence-electron chi connectivity index (χ1n) is 9.51. The molecular formula is C21H26N2O3S2. The van der Waals surface area contributed by atoms with E-state index in [0.717, 1.165) is 21.9 Å². The van der Waals surface area contributed by atoms with Gasteiger partial charge in [0.1, 0.15) is 0 Å². The van der Waals surface area contributed by atoms with E-state index in [0.29, 0.717) is 19.4 Å². The summed E-state index contributed by atoms with van der Waals surface area (Å²) in [6.07, 6.45) is 1.36. The van der Waals surface area contributed by atoms with Gasteiger partial charge in [-0.05, 0) is 49.8 Å². The first-order chi connectivity index (χ1) is 13.4. The number of carbonyl (C=O) groups excluding carboxylic acids is 1. The van der Waals surface area contributed by atoms with Crippen LogP contribution in [0.15, 0.2) is 58.3 Å². The highest BCUT2D eigenvalue weighted by Crippen LogP contribution is 2.29. The normalized spacial score (nSPS) is 18.0. The molecule has 1 N–H and O–H groups in total. The van der Waals surface area contributed by atoms with E-state index < -0.39 is 10.0 Å². The molecule has 3 rings (SSSR count). The molecule has 1 aliphatic rings. The molecule has 2 aromatic rings. The van der Waals surface area contributed by atoms with Crippen molar-refractivity contribution in [1.82, 2.24) is 4.31 Å². The first-order valence-corrected chi connectivity index (χ1v) is 11.9.